The average molecular weight is 553 g/mol. The fourth-order valence-corrected chi connectivity index (χ4v) is 5.42. The Morgan fingerprint density at radius 2 is 1.68 bits per heavy atom. The van der Waals surface area contributed by atoms with Crippen LogP contribution in [0.15, 0.2) is 82.9 Å². The highest BCUT2D eigenvalue weighted by Crippen LogP contribution is 2.39. The molecule has 188 valence electrons. The molecule has 0 saturated heterocycles. The van der Waals surface area contributed by atoms with E-state index in [-0.39, 0.29) is 24.3 Å². The van der Waals surface area contributed by atoms with Crippen LogP contribution in [0.3, 0.4) is 0 Å². The van der Waals surface area contributed by atoms with Crippen molar-refractivity contribution in [3.63, 3.8) is 0 Å². The molecule has 2 amide bonds. The summed E-state index contributed by atoms with van der Waals surface area (Å²) >= 11 is 13.2. The van der Waals surface area contributed by atoms with Crippen LogP contribution >= 0.6 is 35.0 Å². The van der Waals surface area contributed by atoms with E-state index in [0.717, 1.165) is 22.6 Å². The van der Waals surface area contributed by atoms with E-state index in [4.69, 9.17) is 33.0 Å². The number of benzene rings is 3. The Labute approximate surface area is 228 Å². The molecule has 2 aliphatic heterocycles. The Balaban J connectivity index is 1.35. The lowest BCUT2D eigenvalue weighted by Gasteiger charge is -2.23. The quantitative estimate of drug-likeness (QED) is 0.394. The van der Waals surface area contributed by atoms with Gasteiger partial charge in [-0.1, -0.05) is 59.2 Å². The standard InChI is InChI=1S/C27H22Cl2N4O3S/c1-36-21-12-4-17(5-13-21)23-14-22(16-2-6-18(28)7-3-16)32-33(23)27-31-26(35)24(37-27)15-25(34)30-20-10-8-19(29)9-11-20/h2-13,23-24H,14-15H2,1H3,(H,30,34)/t23-,24+/m1/s1. The molecule has 5 rings (SSSR count). The number of thioether (sulfide) groups is 1. The van der Waals surface area contributed by atoms with E-state index < -0.39 is 5.25 Å². The number of carbonyl (C=O) groups excluding carboxylic acids is 2. The van der Waals surface area contributed by atoms with Crippen LogP contribution in [0.2, 0.25) is 10.0 Å². The highest BCUT2D eigenvalue weighted by Gasteiger charge is 2.39. The van der Waals surface area contributed by atoms with E-state index in [2.05, 4.69) is 10.3 Å². The maximum absolute atomic E-state index is 12.8. The molecule has 0 aliphatic carbocycles. The third kappa shape index (κ3) is 5.82. The Morgan fingerprint density at radius 1 is 1.03 bits per heavy atom. The number of amides is 2. The smallest absolute Gasteiger partial charge is 0.262 e. The molecule has 37 heavy (non-hydrogen) atoms. The first-order valence-corrected chi connectivity index (χ1v) is 13.1. The van der Waals surface area contributed by atoms with Gasteiger partial charge in [0.2, 0.25) is 5.91 Å². The summed E-state index contributed by atoms with van der Waals surface area (Å²) in [7, 11) is 1.62. The van der Waals surface area contributed by atoms with Crippen molar-refractivity contribution in [1.82, 2.24) is 5.01 Å². The van der Waals surface area contributed by atoms with Crippen molar-refractivity contribution < 1.29 is 14.3 Å². The lowest BCUT2D eigenvalue weighted by Crippen LogP contribution is -2.25. The number of amidine groups is 1. The van der Waals surface area contributed by atoms with Gasteiger partial charge in [-0.15, -0.1) is 0 Å². The summed E-state index contributed by atoms with van der Waals surface area (Å²) in [5, 5.41) is 10.5. The van der Waals surface area contributed by atoms with Crippen LogP contribution in [0.1, 0.15) is 30.0 Å². The van der Waals surface area contributed by atoms with Gasteiger partial charge in [-0.3, -0.25) is 9.59 Å². The monoisotopic (exact) mass is 552 g/mol. The van der Waals surface area contributed by atoms with E-state index in [1.54, 1.807) is 36.4 Å². The second-order valence-electron chi connectivity index (χ2n) is 8.49. The van der Waals surface area contributed by atoms with Crippen molar-refractivity contribution in [2.75, 3.05) is 12.4 Å². The molecular weight excluding hydrogens is 531 g/mol. The molecule has 2 atom stereocenters. The minimum absolute atomic E-state index is 0.00603. The summed E-state index contributed by atoms with van der Waals surface area (Å²) in [4.78, 5) is 29.7. The minimum atomic E-state index is -0.631. The Kier molecular flexibility index (Phi) is 7.50. The van der Waals surface area contributed by atoms with Gasteiger partial charge in [-0.2, -0.15) is 10.1 Å². The summed E-state index contributed by atoms with van der Waals surface area (Å²) in [6.07, 6.45) is 0.609. The zero-order chi connectivity index (χ0) is 25.9. The maximum atomic E-state index is 12.8. The summed E-state index contributed by atoms with van der Waals surface area (Å²) in [6, 6.07) is 21.9. The third-order valence-electron chi connectivity index (χ3n) is 6.01. The van der Waals surface area contributed by atoms with Crippen molar-refractivity contribution in [2.24, 2.45) is 10.1 Å². The highest BCUT2D eigenvalue weighted by atomic mass is 35.5. The molecule has 3 aromatic rings. The molecule has 0 fully saturated rings. The predicted octanol–water partition coefficient (Wildman–Crippen LogP) is 6.18. The van der Waals surface area contributed by atoms with Crippen molar-refractivity contribution in [2.45, 2.75) is 24.1 Å². The lowest BCUT2D eigenvalue weighted by molar-refractivity contribution is -0.121. The molecule has 7 nitrogen and oxygen atoms in total. The number of aliphatic imine (C=N–C) groups is 1. The maximum Gasteiger partial charge on any atom is 0.262 e. The van der Waals surface area contributed by atoms with E-state index in [9.17, 15) is 9.59 Å². The fraction of sp³-hybridized carbons (Fsp3) is 0.185. The Morgan fingerprint density at radius 3 is 2.32 bits per heavy atom. The Bertz CT molecular complexity index is 1380. The molecule has 2 heterocycles. The van der Waals surface area contributed by atoms with E-state index >= 15 is 0 Å². The van der Waals surface area contributed by atoms with Crippen molar-refractivity contribution in [3.8, 4) is 5.75 Å². The van der Waals surface area contributed by atoms with Gasteiger partial charge in [0.1, 0.15) is 11.0 Å². The first-order valence-electron chi connectivity index (χ1n) is 11.5. The van der Waals surface area contributed by atoms with Gasteiger partial charge in [0, 0.05) is 28.6 Å². The summed E-state index contributed by atoms with van der Waals surface area (Å²) in [5.41, 5.74) is 3.42. The summed E-state index contributed by atoms with van der Waals surface area (Å²) in [6.45, 7) is 0. The van der Waals surface area contributed by atoms with Crippen LogP contribution in [0.5, 0.6) is 5.75 Å². The topological polar surface area (TPSA) is 83.4 Å². The van der Waals surface area contributed by atoms with Crippen LogP contribution in [0.25, 0.3) is 0 Å². The number of anilines is 1. The zero-order valence-electron chi connectivity index (χ0n) is 19.7. The average Bonchev–Trinajstić information content (AvgIpc) is 3.50. The second-order valence-corrected chi connectivity index (χ2v) is 10.5. The van der Waals surface area contributed by atoms with Gasteiger partial charge < -0.3 is 10.1 Å². The molecular formula is C27H22Cl2N4O3S. The van der Waals surface area contributed by atoms with Gasteiger partial charge in [0.15, 0.2) is 5.17 Å². The molecule has 0 spiro atoms. The van der Waals surface area contributed by atoms with E-state index in [1.165, 1.54) is 11.8 Å². The van der Waals surface area contributed by atoms with Crippen LogP contribution in [-0.4, -0.2) is 40.1 Å². The van der Waals surface area contributed by atoms with Crippen LogP contribution < -0.4 is 10.1 Å². The number of nitrogens with zero attached hydrogens (tertiary/aromatic N) is 3. The first kappa shape index (κ1) is 25.3. The molecule has 0 radical (unpaired) electrons. The normalized spacial score (nSPS) is 19.0. The summed E-state index contributed by atoms with van der Waals surface area (Å²) < 4.78 is 5.30. The number of hydrazone groups is 1. The molecule has 0 saturated carbocycles. The second kappa shape index (κ2) is 11.0. The molecule has 0 unspecified atom stereocenters. The fourth-order valence-electron chi connectivity index (χ4n) is 4.11. The number of nitrogens with one attached hydrogen (secondary N) is 1. The molecule has 0 aromatic heterocycles. The number of ether oxygens (including phenoxy) is 1. The highest BCUT2D eigenvalue weighted by molar-refractivity contribution is 8.15. The van der Waals surface area contributed by atoms with Gasteiger partial charge in [0.25, 0.3) is 5.91 Å². The van der Waals surface area contributed by atoms with Crippen LogP contribution in [0, 0.1) is 0 Å². The molecule has 1 N–H and O–H groups in total. The molecule has 2 aliphatic rings. The molecule has 3 aromatic carbocycles. The minimum Gasteiger partial charge on any atom is -0.497 e. The lowest BCUT2D eigenvalue weighted by atomic mass is 9.98. The number of hydrogen-bond acceptors (Lipinski definition) is 6. The number of halogens is 2. The number of rotatable bonds is 6. The van der Waals surface area contributed by atoms with E-state index in [0.29, 0.717) is 27.3 Å². The van der Waals surface area contributed by atoms with Crippen molar-refractivity contribution >= 4 is 63.3 Å². The predicted molar refractivity (Wildman–Crippen MR) is 149 cm³/mol. The van der Waals surface area contributed by atoms with Gasteiger partial charge in [-0.05, 0) is 59.7 Å². The van der Waals surface area contributed by atoms with Gasteiger partial charge in [0.05, 0.1) is 18.9 Å². The zero-order valence-corrected chi connectivity index (χ0v) is 22.1. The number of methoxy groups -OCH3 is 1. The third-order valence-corrected chi connectivity index (χ3v) is 7.66. The first-order chi connectivity index (χ1) is 17.9. The van der Waals surface area contributed by atoms with Gasteiger partial charge in [-0.25, -0.2) is 5.01 Å². The van der Waals surface area contributed by atoms with Crippen molar-refractivity contribution in [1.29, 1.82) is 0 Å². The summed E-state index contributed by atoms with van der Waals surface area (Å²) in [5.74, 6) is 0.125. The SMILES string of the molecule is COc1ccc([C@H]2CC(c3ccc(Cl)cc3)=NN2C2=NC(=O)[C@H](CC(=O)Nc3ccc(Cl)cc3)S2)cc1. The van der Waals surface area contributed by atoms with Crippen molar-refractivity contribution in [3.05, 3.63) is 94.0 Å². The van der Waals surface area contributed by atoms with Gasteiger partial charge >= 0.3 is 0 Å². The number of hydrogen-bond donors (Lipinski definition) is 1. The van der Waals surface area contributed by atoms with Crippen LogP contribution in [-0.2, 0) is 9.59 Å². The van der Waals surface area contributed by atoms with Crippen LogP contribution in [0.4, 0.5) is 5.69 Å². The largest absolute Gasteiger partial charge is 0.497 e. The van der Waals surface area contributed by atoms with E-state index in [1.807, 2.05) is 48.5 Å². The Hall–Kier alpha value is -3.33. The number of carbonyl (C=O) groups is 2. The molecule has 10 heteroatoms. The molecule has 0 bridgehead atoms.